The number of carbonyl (C=O) groups excluding carboxylic acids is 2. The molecule has 3 aliphatic heterocycles. The van der Waals surface area contributed by atoms with Gasteiger partial charge in [-0.05, 0) is 64.6 Å². The molecule has 0 aromatic heterocycles. The molecular weight excluding hydrogens is 580 g/mol. The molecule has 10 unspecified atom stereocenters. The third-order valence-corrected chi connectivity index (χ3v) is 9.19. The first-order valence-electron chi connectivity index (χ1n) is 16.5. The Labute approximate surface area is 268 Å². The summed E-state index contributed by atoms with van der Waals surface area (Å²) >= 11 is 0. The maximum atomic E-state index is 13.1. The number of epoxide rings is 1. The zero-order valence-corrected chi connectivity index (χ0v) is 27.9. The summed E-state index contributed by atoms with van der Waals surface area (Å²) in [5.41, 5.74) is -1.93. The molecule has 256 valence electrons. The van der Waals surface area contributed by atoms with Crippen molar-refractivity contribution in [2.24, 2.45) is 11.8 Å². The van der Waals surface area contributed by atoms with Crippen LogP contribution >= 0.6 is 0 Å². The fourth-order valence-electron chi connectivity index (χ4n) is 6.01. The summed E-state index contributed by atoms with van der Waals surface area (Å²) in [6.45, 7) is 13.4. The number of nitrogens with one attached hydrogen (secondary N) is 1. The number of hydrogen-bond acceptors (Lipinski definition) is 10. The highest BCUT2D eigenvalue weighted by Gasteiger charge is 2.47. The third-order valence-electron chi connectivity index (χ3n) is 9.19. The van der Waals surface area contributed by atoms with Crippen molar-refractivity contribution < 1.29 is 44.2 Å². The van der Waals surface area contributed by atoms with Crippen LogP contribution in [0.4, 0.5) is 4.79 Å². The average Bonchev–Trinajstić information content (AvgIpc) is 3.78. The molecule has 0 aromatic rings. The highest BCUT2D eigenvalue weighted by Crippen LogP contribution is 2.37. The zero-order chi connectivity index (χ0) is 33.4. The van der Waals surface area contributed by atoms with Gasteiger partial charge in [0.05, 0.1) is 36.4 Å². The smallest absolute Gasteiger partial charge is 0.410 e. The lowest BCUT2D eigenvalue weighted by molar-refractivity contribution is -0.151. The van der Waals surface area contributed by atoms with Crippen LogP contribution in [0.15, 0.2) is 36.0 Å². The van der Waals surface area contributed by atoms with E-state index in [1.807, 2.05) is 27.7 Å². The van der Waals surface area contributed by atoms with E-state index in [0.717, 1.165) is 13.0 Å². The van der Waals surface area contributed by atoms with E-state index in [1.54, 1.807) is 49.1 Å². The van der Waals surface area contributed by atoms with E-state index < -0.39 is 47.7 Å². The summed E-state index contributed by atoms with van der Waals surface area (Å²) in [4.78, 5) is 27.5. The van der Waals surface area contributed by atoms with Crippen molar-refractivity contribution in [2.45, 2.75) is 128 Å². The maximum absolute atomic E-state index is 13.1. The predicted molar refractivity (Wildman–Crippen MR) is 170 cm³/mol. The number of hydrogen-bond donors (Lipinski definition) is 5. The number of aliphatic hydroxyl groups excluding tert-OH is 2. The van der Waals surface area contributed by atoms with Gasteiger partial charge in [0.25, 0.3) is 0 Å². The Morgan fingerprint density at radius 1 is 1.31 bits per heavy atom. The number of amides is 1. The molecule has 3 aliphatic rings. The van der Waals surface area contributed by atoms with Gasteiger partial charge in [0.2, 0.25) is 0 Å². The van der Waals surface area contributed by atoms with Crippen molar-refractivity contribution in [3.8, 4) is 0 Å². The first-order chi connectivity index (χ1) is 21.1. The molecule has 0 aromatic carbocycles. The Bertz CT molecular complexity index is 1060. The van der Waals surface area contributed by atoms with Gasteiger partial charge in [0, 0.05) is 37.9 Å². The van der Waals surface area contributed by atoms with E-state index >= 15 is 0 Å². The molecule has 1 amide bonds. The molecule has 11 nitrogen and oxygen atoms in total. The van der Waals surface area contributed by atoms with Crippen molar-refractivity contribution in [2.75, 3.05) is 26.2 Å². The average molecular weight is 637 g/mol. The molecule has 0 radical (unpaired) electrons. The molecule has 3 heterocycles. The number of nitrogens with zero attached hydrogens (tertiary/aromatic N) is 1. The normalized spacial score (nSPS) is 35.6. The molecule has 0 saturated carbocycles. The number of rotatable bonds is 9. The lowest BCUT2D eigenvalue weighted by atomic mass is 9.88. The molecule has 11 heteroatoms. The predicted octanol–water partition coefficient (Wildman–Crippen LogP) is 3.00. The number of carbonyl (C=O) groups is 2. The number of cyclic esters (lactones) is 1. The molecule has 0 spiro atoms. The van der Waals surface area contributed by atoms with Crippen molar-refractivity contribution in [3.63, 3.8) is 0 Å². The number of aliphatic hydroxyl groups is 4. The van der Waals surface area contributed by atoms with E-state index in [0.29, 0.717) is 38.0 Å². The molecule has 2 saturated heterocycles. The second-order valence-corrected chi connectivity index (χ2v) is 13.6. The second-order valence-electron chi connectivity index (χ2n) is 13.6. The van der Waals surface area contributed by atoms with E-state index in [2.05, 4.69) is 5.32 Å². The molecule has 2 fully saturated rings. The molecule has 0 bridgehead atoms. The topological polar surface area (TPSA) is 161 Å². The summed E-state index contributed by atoms with van der Waals surface area (Å²) in [7, 11) is 0. The van der Waals surface area contributed by atoms with Crippen LogP contribution in [0.1, 0.15) is 80.1 Å². The molecule has 45 heavy (non-hydrogen) atoms. The summed E-state index contributed by atoms with van der Waals surface area (Å²) < 4.78 is 17.4. The summed E-state index contributed by atoms with van der Waals surface area (Å²) in [5, 5.41) is 46.3. The van der Waals surface area contributed by atoms with Crippen LogP contribution in [-0.4, -0.2) is 111 Å². The zero-order valence-electron chi connectivity index (χ0n) is 27.9. The van der Waals surface area contributed by atoms with Crippen LogP contribution in [0.2, 0.25) is 0 Å². The standard InChI is InChI=1S/C34H56N2O9/c1-7-26(38)24(4)31-27(43-31)21-33(5,41)14-8-10-22(2)30-23(3)11-12-28(44-32(40)36-18-9-16-35-17-19-36)34(6,42)15-13-25(37)20-29(39)45-30/h8,10-12,14,23-28,30-31,35,37-38,41-42H,7,9,13,15-21H2,1-6H3/b12-11-,14-8+,22-10+. The highest BCUT2D eigenvalue weighted by molar-refractivity contribution is 5.70. The van der Waals surface area contributed by atoms with Crippen LogP contribution < -0.4 is 5.32 Å². The minimum absolute atomic E-state index is 0.0100. The van der Waals surface area contributed by atoms with Gasteiger partial charge in [-0.2, -0.15) is 0 Å². The number of allylic oxidation sites excluding steroid dienone is 2. The van der Waals surface area contributed by atoms with Crippen LogP contribution in [-0.2, 0) is 19.0 Å². The summed E-state index contributed by atoms with van der Waals surface area (Å²) in [6.07, 6.45) is 6.50. The first-order valence-corrected chi connectivity index (χ1v) is 16.5. The van der Waals surface area contributed by atoms with Crippen molar-refractivity contribution in [3.05, 3.63) is 36.0 Å². The van der Waals surface area contributed by atoms with Crippen LogP contribution in [0.25, 0.3) is 0 Å². The number of esters is 1. The minimum Gasteiger partial charge on any atom is -0.457 e. The Hall–Kier alpha value is -2.28. The van der Waals surface area contributed by atoms with Gasteiger partial charge in [-0.25, -0.2) is 4.79 Å². The Morgan fingerprint density at radius 2 is 2.04 bits per heavy atom. The Kier molecular flexibility index (Phi) is 13.6. The fraction of sp³-hybridized carbons (Fsp3) is 0.765. The molecule has 3 rings (SSSR count). The van der Waals surface area contributed by atoms with E-state index in [9.17, 15) is 30.0 Å². The maximum Gasteiger partial charge on any atom is 0.410 e. The second kappa shape index (κ2) is 16.5. The van der Waals surface area contributed by atoms with E-state index in [4.69, 9.17) is 14.2 Å². The molecule has 10 atom stereocenters. The van der Waals surface area contributed by atoms with Crippen LogP contribution in [0.5, 0.6) is 0 Å². The molecular formula is C34H56N2O9. The number of ether oxygens (including phenoxy) is 3. The van der Waals surface area contributed by atoms with Gasteiger partial charge in [-0.1, -0.05) is 45.1 Å². The lowest BCUT2D eigenvalue weighted by Crippen LogP contribution is -2.45. The van der Waals surface area contributed by atoms with E-state index in [-0.39, 0.29) is 43.3 Å². The SMILES string of the molecule is CCC(O)C(C)C1OC1CC(C)(O)/C=C/C=C(\C)C1OC(=O)CC(O)CCC(C)(O)C(OC(=O)N2CCCNCC2)/C=C\C1C. The first kappa shape index (κ1) is 37.2. The highest BCUT2D eigenvalue weighted by atomic mass is 16.6. The Balaban J connectivity index is 1.75. The van der Waals surface area contributed by atoms with Crippen LogP contribution in [0, 0.1) is 11.8 Å². The Morgan fingerprint density at radius 3 is 2.76 bits per heavy atom. The quantitative estimate of drug-likeness (QED) is 0.110. The summed E-state index contributed by atoms with van der Waals surface area (Å²) in [6, 6.07) is 0. The minimum atomic E-state index is -1.48. The van der Waals surface area contributed by atoms with Gasteiger partial charge >= 0.3 is 12.1 Å². The van der Waals surface area contributed by atoms with Gasteiger partial charge in [-0.3, -0.25) is 4.79 Å². The molecule has 5 N–H and O–H groups in total. The van der Waals surface area contributed by atoms with Gasteiger partial charge in [0.1, 0.15) is 11.7 Å². The van der Waals surface area contributed by atoms with Crippen molar-refractivity contribution >= 4 is 12.1 Å². The van der Waals surface area contributed by atoms with Gasteiger partial charge < -0.3 is 44.9 Å². The summed E-state index contributed by atoms with van der Waals surface area (Å²) in [5.74, 6) is -0.943. The van der Waals surface area contributed by atoms with Crippen LogP contribution in [0.3, 0.4) is 0 Å². The lowest BCUT2D eigenvalue weighted by Gasteiger charge is -2.34. The third kappa shape index (κ3) is 11.5. The van der Waals surface area contributed by atoms with Gasteiger partial charge in [0.15, 0.2) is 6.10 Å². The fourth-order valence-corrected chi connectivity index (χ4v) is 6.01. The monoisotopic (exact) mass is 636 g/mol. The largest absolute Gasteiger partial charge is 0.457 e. The van der Waals surface area contributed by atoms with Crippen molar-refractivity contribution in [1.29, 1.82) is 0 Å². The van der Waals surface area contributed by atoms with E-state index in [1.165, 1.54) is 0 Å². The van der Waals surface area contributed by atoms with Crippen molar-refractivity contribution in [1.82, 2.24) is 10.2 Å². The van der Waals surface area contributed by atoms with Gasteiger partial charge in [-0.15, -0.1) is 0 Å². The molecule has 0 aliphatic carbocycles.